The van der Waals surface area contributed by atoms with Crippen LogP contribution in [0.2, 0.25) is 0 Å². The Morgan fingerprint density at radius 3 is 2.41 bits per heavy atom. The van der Waals surface area contributed by atoms with Crippen molar-refractivity contribution in [2.24, 2.45) is 0 Å². The van der Waals surface area contributed by atoms with Crippen LogP contribution >= 0.6 is 30.9 Å². The third kappa shape index (κ3) is 6.71. The van der Waals surface area contributed by atoms with E-state index in [1.165, 1.54) is 10.8 Å². The van der Waals surface area contributed by atoms with E-state index in [0.29, 0.717) is 12.2 Å². The molecule has 0 radical (unpaired) electrons. The molecule has 0 aliphatic rings. The molecule has 0 aromatic heterocycles. The van der Waals surface area contributed by atoms with Gasteiger partial charge in [0.1, 0.15) is 0 Å². The average molecular weight is 290 g/mol. The van der Waals surface area contributed by atoms with E-state index >= 15 is 0 Å². The van der Waals surface area contributed by atoms with Crippen molar-refractivity contribution in [2.75, 3.05) is 12.9 Å². The zero-order chi connectivity index (χ0) is 13.1. The van der Waals surface area contributed by atoms with Gasteiger partial charge in [-0.25, -0.2) is 0 Å². The van der Waals surface area contributed by atoms with Gasteiger partial charge in [0.05, 0.1) is 6.61 Å². The Morgan fingerprint density at radius 1 is 1.47 bits per heavy atom. The first-order chi connectivity index (χ1) is 8.21. The van der Waals surface area contributed by atoms with Gasteiger partial charge < -0.3 is 4.74 Å². The number of benzene rings is 1. The maximum Gasteiger partial charge on any atom is 0.325 e. The molecule has 0 fully saturated rings. The van der Waals surface area contributed by atoms with E-state index in [-0.39, 0.29) is 8.46 Å². The molecule has 6 heteroatoms. The third-order valence-corrected chi connectivity index (χ3v) is 2.45. The van der Waals surface area contributed by atoms with E-state index in [1.54, 1.807) is 31.2 Å². The van der Waals surface area contributed by atoms with Crippen molar-refractivity contribution in [1.82, 2.24) is 0 Å². The Morgan fingerprint density at radius 2 is 2.00 bits per heavy atom. The third-order valence-electron chi connectivity index (χ3n) is 1.73. The van der Waals surface area contributed by atoms with E-state index < -0.39 is 11.6 Å². The molecule has 0 heterocycles. The number of hydrogen-bond acceptors (Lipinski definition) is 5. The van der Waals surface area contributed by atoms with Gasteiger partial charge in [-0.05, 0) is 18.7 Å². The van der Waals surface area contributed by atoms with Gasteiger partial charge in [0.25, 0.3) is 0 Å². The van der Waals surface area contributed by atoms with Crippen molar-refractivity contribution in [3.8, 4) is 0 Å². The first-order valence-corrected chi connectivity index (χ1v) is 8.08. The predicted molar refractivity (Wildman–Crippen MR) is 75.9 cm³/mol. The molecule has 0 spiro atoms. The van der Waals surface area contributed by atoms with Gasteiger partial charge in [-0.2, -0.15) is 0 Å². The zero-order valence-corrected chi connectivity index (χ0v) is 12.3. The molecule has 0 saturated heterocycles. The van der Waals surface area contributed by atoms with Gasteiger partial charge in [-0.15, -0.1) is 22.5 Å². The molecule has 0 aliphatic heterocycles. The minimum absolute atomic E-state index is 0.231. The first kappa shape index (κ1) is 16.5. The first-order valence-electron chi connectivity index (χ1n) is 4.92. The SMILES string of the molecule is CCOC(=O)C(P=O)c1ccccc1.CSS. The smallest absolute Gasteiger partial charge is 0.325 e. The fourth-order valence-electron chi connectivity index (χ4n) is 1.10. The summed E-state index contributed by atoms with van der Waals surface area (Å²) >= 11 is 3.71. The van der Waals surface area contributed by atoms with Crippen LogP contribution in [0.3, 0.4) is 0 Å². The van der Waals surface area contributed by atoms with Crippen LogP contribution in [0, 0.1) is 0 Å². The highest BCUT2D eigenvalue weighted by Crippen LogP contribution is 2.27. The molecule has 0 saturated carbocycles. The summed E-state index contributed by atoms with van der Waals surface area (Å²) in [5, 5.41) is 0. The highest BCUT2D eigenvalue weighted by molar-refractivity contribution is 8.68. The molecule has 1 atom stereocenters. The van der Waals surface area contributed by atoms with Gasteiger partial charge in [-0.1, -0.05) is 30.3 Å². The summed E-state index contributed by atoms with van der Waals surface area (Å²) < 4.78 is 15.6. The fraction of sp³-hybridized carbons (Fsp3) is 0.364. The normalized spacial score (nSPS) is 11.2. The topological polar surface area (TPSA) is 43.4 Å². The number of carbonyl (C=O) groups excluding carboxylic acids is 1. The minimum Gasteiger partial charge on any atom is -0.465 e. The lowest BCUT2D eigenvalue weighted by Gasteiger charge is -2.07. The maximum atomic E-state index is 11.3. The lowest BCUT2D eigenvalue weighted by atomic mass is 10.1. The Hall–Kier alpha value is -0.510. The molecule has 0 bridgehead atoms. The maximum absolute atomic E-state index is 11.3. The van der Waals surface area contributed by atoms with Gasteiger partial charge in [-0.3, -0.25) is 9.36 Å². The second-order valence-corrected chi connectivity index (χ2v) is 5.04. The van der Waals surface area contributed by atoms with Crippen molar-refractivity contribution in [2.45, 2.75) is 12.6 Å². The van der Waals surface area contributed by atoms with E-state index in [1.807, 2.05) is 12.3 Å². The molecular formula is C11H15O3PS2. The van der Waals surface area contributed by atoms with Crippen molar-refractivity contribution < 1.29 is 14.1 Å². The largest absolute Gasteiger partial charge is 0.465 e. The van der Waals surface area contributed by atoms with Gasteiger partial charge in [0.2, 0.25) is 0 Å². The van der Waals surface area contributed by atoms with Crippen LogP contribution < -0.4 is 0 Å². The zero-order valence-electron chi connectivity index (χ0n) is 9.70. The van der Waals surface area contributed by atoms with E-state index in [4.69, 9.17) is 4.74 Å². The molecule has 17 heavy (non-hydrogen) atoms. The summed E-state index contributed by atoms with van der Waals surface area (Å²) in [6.45, 7) is 2.03. The molecule has 0 amide bonds. The quantitative estimate of drug-likeness (QED) is 0.397. The monoisotopic (exact) mass is 290 g/mol. The van der Waals surface area contributed by atoms with E-state index in [2.05, 4.69) is 11.7 Å². The molecule has 0 N–H and O–H groups in total. The summed E-state index contributed by atoms with van der Waals surface area (Å²) in [4.78, 5) is 11.3. The highest BCUT2D eigenvalue weighted by Gasteiger charge is 2.21. The molecule has 1 rings (SSSR count). The molecule has 3 nitrogen and oxygen atoms in total. The molecule has 1 aromatic rings. The highest BCUT2D eigenvalue weighted by atomic mass is 33.1. The summed E-state index contributed by atoms with van der Waals surface area (Å²) in [6, 6.07) is 8.95. The van der Waals surface area contributed by atoms with Gasteiger partial charge in [0.15, 0.2) is 14.1 Å². The summed E-state index contributed by atoms with van der Waals surface area (Å²) in [6.07, 6.45) is 1.91. The number of hydrogen-bond donors (Lipinski definition) is 1. The molecule has 1 aromatic carbocycles. The van der Waals surface area contributed by atoms with Crippen LogP contribution in [0.4, 0.5) is 0 Å². The van der Waals surface area contributed by atoms with Crippen LogP contribution in [0.15, 0.2) is 30.3 Å². The van der Waals surface area contributed by atoms with Crippen LogP contribution in [0.1, 0.15) is 18.1 Å². The van der Waals surface area contributed by atoms with Gasteiger partial charge >= 0.3 is 5.97 Å². The molecular weight excluding hydrogens is 275 g/mol. The van der Waals surface area contributed by atoms with Crippen LogP contribution in [0.5, 0.6) is 0 Å². The minimum atomic E-state index is -0.698. The van der Waals surface area contributed by atoms with Crippen molar-refractivity contribution >= 4 is 36.9 Å². The predicted octanol–water partition coefficient (Wildman–Crippen LogP) is 3.78. The lowest BCUT2D eigenvalue weighted by molar-refractivity contribution is -0.142. The Balaban J connectivity index is 0.000000770. The van der Waals surface area contributed by atoms with Crippen LogP contribution in [-0.4, -0.2) is 18.8 Å². The molecule has 1 unspecified atom stereocenters. The molecule has 0 aliphatic carbocycles. The number of thiol groups is 1. The lowest BCUT2D eigenvalue weighted by Crippen LogP contribution is -2.10. The Bertz CT molecular complexity index is 333. The summed E-state index contributed by atoms with van der Waals surface area (Å²) in [5.74, 6) is -0.449. The number of carbonyl (C=O) groups is 1. The number of rotatable bonds is 4. The average Bonchev–Trinajstić information content (AvgIpc) is 2.33. The van der Waals surface area contributed by atoms with Crippen LogP contribution in [-0.2, 0) is 14.1 Å². The van der Waals surface area contributed by atoms with Crippen LogP contribution in [0.25, 0.3) is 0 Å². The van der Waals surface area contributed by atoms with Crippen molar-refractivity contribution in [1.29, 1.82) is 0 Å². The fourth-order valence-corrected chi connectivity index (χ4v) is 1.55. The number of ether oxygens (including phenoxy) is 1. The van der Waals surface area contributed by atoms with Crippen molar-refractivity contribution in [3.63, 3.8) is 0 Å². The number of esters is 1. The second-order valence-electron chi connectivity index (χ2n) is 2.85. The van der Waals surface area contributed by atoms with Gasteiger partial charge in [0, 0.05) is 0 Å². The summed E-state index contributed by atoms with van der Waals surface area (Å²) in [7, 11) is 1.21. The van der Waals surface area contributed by atoms with E-state index in [9.17, 15) is 9.36 Å². The second kappa shape index (κ2) is 10.6. The van der Waals surface area contributed by atoms with Crippen molar-refractivity contribution in [3.05, 3.63) is 35.9 Å². The Kier molecular flexibility index (Phi) is 10.3. The Labute approximate surface area is 112 Å². The molecule has 94 valence electrons. The van der Waals surface area contributed by atoms with E-state index in [0.717, 1.165) is 0 Å². The standard InChI is InChI=1S/C10H11O3P.CH4S2/c1-2-13-10(11)9(14-12)8-6-4-3-5-7-8;1-3-2/h3-7,9H,2H2,1H3;2H,1H3. The summed E-state index contributed by atoms with van der Waals surface area (Å²) in [5.41, 5.74) is 0.0127.